The molecule has 1 fully saturated rings. The first kappa shape index (κ1) is 16.0. The predicted molar refractivity (Wildman–Crippen MR) is 91.1 cm³/mol. The van der Waals surface area contributed by atoms with E-state index in [0.717, 1.165) is 31.6 Å². The quantitative estimate of drug-likeness (QED) is 0.905. The van der Waals surface area contributed by atoms with Crippen LogP contribution in [0.3, 0.4) is 0 Å². The number of carbonyl (C=O) groups excluding carboxylic acids is 1. The van der Waals surface area contributed by atoms with Crippen molar-refractivity contribution in [3.63, 3.8) is 0 Å². The molecule has 3 rings (SSSR count). The minimum absolute atomic E-state index is 0.0787. The number of benzene rings is 1. The molecular weight excluding hydrogens is 312 g/mol. The standard InChI is InChI=1S/C17H21ClN4O/c1-17(6-8-19-9-7-17)12-20-16(23)13-10-21-22(11-13)15-4-2-14(18)3-5-15/h2-5,10-11,19H,6-9,12H2,1H3,(H,20,23). The maximum Gasteiger partial charge on any atom is 0.254 e. The number of aromatic nitrogens is 2. The summed E-state index contributed by atoms with van der Waals surface area (Å²) < 4.78 is 1.68. The first-order chi connectivity index (χ1) is 11.1. The van der Waals surface area contributed by atoms with Gasteiger partial charge < -0.3 is 10.6 Å². The van der Waals surface area contributed by atoms with Crippen molar-refractivity contribution in [3.8, 4) is 5.69 Å². The van der Waals surface area contributed by atoms with Gasteiger partial charge in [0.25, 0.3) is 5.91 Å². The number of rotatable bonds is 4. The van der Waals surface area contributed by atoms with Crippen LogP contribution in [0, 0.1) is 5.41 Å². The molecule has 2 heterocycles. The van der Waals surface area contributed by atoms with Gasteiger partial charge >= 0.3 is 0 Å². The molecule has 2 aromatic rings. The van der Waals surface area contributed by atoms with E-state index in [0.29, 0.717) is 17.1 Å². The Morgan fingerprint density at radius 3 is 2.74 bits per heavy atom. The molecule has 5 nitrogen and oxygen atoms in total. The molecule has 122 valence electrons. The minimum atomic E-state index is -0.0787. The molecule has 6 heteroatoms. The van der Waals surface area contributed by atoms with Gasteiger partial charge in [0.2, 0.25) is 0 Å². The van der Waals surface area contributed by atoms with Crippen molar-refractivity contribution in [1.82, 2.24) is 20.4 Å². The van der Waals surface area contributed by atoms with Crippen LogP contribution in [0.5, 0.6) is 0 Å². The lowest BCUT2D eigenvalue weighted by atomic mass is 9.81. The Morgan fingerprint density at radius 1 is 1.35 bits per heavy atom. The maximum absolute atomic E-state index is 12.3. The summed E-state index contributed by atoms with van der Waals surface area (Å²) in [5.74, 6) is -0.0787. The molecule has 23 heavy (non-hydrogen) atoms. The van der Waals surface area contributed by atoms with Gasteiger partial charge in [-0.25, -0.2) is 4.68 Å². The number of amides is 1. The van der Waals surface area contributed by atoms with Gasteiger partial charge in [0, 0.05) is 17.8 Å². The molecular formula is C17H21ClN4O. The van der Waals surface area contributed by atoms with Crippen molar-refractivity contribution in [2.24, 2.45) is 5.41 Å². The van der Waals surface area contributed by atoms with E-state index in [4.69, 9.17) is 11.6 Å². The zero-order valence-electron chi connectivity index (χ0n) is 13.2. The summed E-state index contributed by atoms with van der Waals surface area (Å²) in [7, 11) is 0. The highest BCUT2D eigenvalue weighted by Gasteiger charge is 2.27. The Kier molecular flexibility index (Phi) is 4.68. The summed E-state index contributed by atoms with van der Waals surface area (Å²) in [6.45, 7) is 4.95. The lowest BCUT2D eigenvalue weighted by Crippen LogP contribution is -2.42. The molecule has 0 atom stereocenters. The third-order valence-corrected chi connectivity index (χ3v) is 4.67. The number of halogens is 1. The van der Waals surface area contributed by atoms with Gasteiger partial charge in [-0.2, -0.15) is 5.10 Å². The summed E-state index contributed by atoms with van der Waals surface area (Å²) in [6.07, 6.45) is 5.49. The Balaban J connectivity index is 1.63. The average Bonchev–Trinajstić information content (AvgIpc) is 3.04. The lowest BCUT2D eigenvalue weighted by molar-refractivity contribution is 0.0922. The average molecular weight is 333 g/mol. The van der Waals surface area contributed by atoms with Crippen LogP contribution in [0.15, 0.2) is 36.7 Å². The van der Waals surface area contributed by atoms with E-state index in [9.17, 15) is 4.79 Å². The molecule has 0 radical (unpaired) electrons. The van der Waals surface area contributed by atoms with E-state index in [1.165, 1.54) is 0 Å². The summed E-state index contributed by atoms with van der Waals surface area (Å²) in [5.41, 5.74) is 1.61. The zero-order chi connectivity index (χ0) is 16.3. The highest BCUT2D eigenvalue weighted by atomic mass is 35.5. The molecule has 1 aromatic heterocycles. The first-order valence-corrected chi connectivity index (χ1v) is 8.23. The van der Waals surface area contributed by atoms with Crippen molar-refractivity contribution < 1.29 is 4.79 Å². The topological polar surface area (TPSA) is 59.0 Å². The zero-order valence-corrected chi connectivity index (χ0v) is 13.9. The number of piperidine rings is 1. The van der Waals surface area contributed by atoms with E-state index in [1.807, 2.05) is 12.1 Å². The molecule has 0 unspecified atom stereocenters. The third kappa shape index (κ3) is 3.92. The van der Waals surface area contributed by atoms with Crippen LogP contribution in [-0.4, -0.2) is 35.3 Å². The molecule has 1 aliphatic heterocycles. The predicted octanol–water partition coefficient (Wildman–Crippen LogP) is 2.65. The normalized spacial score (nSPS) is 17.0. The van der Waals surface area contributed by atoms with Gasteiger partial charge in [-0.3, -0.25) is 4.79 Å². The van der Waals surface area contributed by atoms with Crippen LogP contribution >= 0.6 is 11.6 Å². The fourth-order valence-electron chi connectivity index (χ4n) is 2.78. The number of nitrogens with one attached hydrogen (secondary N) is 2. The number of nitrogens with zero attached hydrogens (tertiary/aromatic N) is 2. The third-order valence-electron chi connectivity index (χ3n) is 4.42. The summed E-state index contributed by atoms with van der Waals surface area (Å²) in [4.78, 5) is 12.3. The van der Waals surface area contributed by atoms with Gasteiger partial charge in [0.05, 0.1) is 17.4 Å². The van der Waals surface area contributed by atoms with Crippen molar-refractivity contribution in [2.45, 2.75) is 19.8 Å². The Morgan fingerprint density at radius 2 is 2.04 bits per heavy atom. The monoisotopic (exact) mass is 332 g/mol. The SMILES string of the molecule is CC1(CNC(=O)c2cnn(-c3ccc(Cl)cc3)c2)CCNCC1. The Bertz CT molecular complexity index is 674. The molecule has 0 aliphatic carbocycles. The van der Waals surface area contributed by atoms with E-state index in [2.05, 4.69) is 22.7 Å². The maximum atomic E-state index is 12.3. The fourth-order valence-corrected chi connectivity index (χ4v) is 2.90. The molecule has 0 bridgehead atoms. The highest BCUT2D eigenvalue weighted by molar-refractivity contribution is 6.30. The van der Waals surface area contributed by atoms with Gasteiger partial charge in [-0.1, -0.05) is 18.5 Å². The van der Waals surface area contributed by atoms with Crippen LogP contribution in [0.2, 0.25) is 5.02 Å². The van der Waals surface area contributed by atoms with Gasteiger partial charge in [0.15, 0.2) is 0 Å². The van der Waals surface area contributed by atoms with Crippen molar-refractivity contribution in [3.05, 3.63) is 47.2 Å². The molecule has 1 aliphatic rings. The second-order valence-corrected chi connectivity index (χ2v) is 6.83. The fraction of sp³-hybridized carbons (Fsp3) is 0.412. The van der Waals surface area contributed by atoms with Crippen molar-refractivity contribution in [1.29, 1.82) is 0 Å². The Hall–Kier alpha value is -1.85. The second-order valence-electron chi connectivity index (χ2n) is 6.39. The minimum Gasteiger partial charge on any atom is -0.351 e. The van der Waals surface area contributed by atoms with Crippen LogP contribution < -0.4 is 10.6 Å². The van der Waals surface area contributed by atoms with E-state index >= 15 is 0 Å². The smallest absolute Gasteiger partial charge is 0.254 e. The van der Waals surface area contributed by atoms with Crippen LogP contribution in [0.1, 0.15) is 30.1 Å². The number of hydrogen-bond acceptors (Lipinski definition) is 3. The molecule has 0 spiro atoms. The number of carbonyl (C=O) groups is 1. The molecule has 1 saturated heterocycles. The molecule has 1 aromatic carbocycles. The molecule has 2 N–H and O–H groups in total. The summed E-state index contributed by atoms with van der Waals surface area (Å²) in [6, 6.07) is 7.34. The summed E-state index contributed by atoms with van der Waals surface area (Å²) in [5, 5.41) is 11.3. The van der Waals surface area contributed by atoms with Gasteiger partial charge in [-0.05, 0) is 55.6 Å². The van der Waals surface area contributed by atoms with Crippen LogP contribution in [-0.2, 0) is 0 Å². The highest BCUT2D eigenvalue weighted by Crippen LogP contribution is 2.26. The van der Waals surface area contributed by atoms with Crippen LogP contribution in [0.25, 0.3) is 5.69 Å². The van der Waals surface area contributed by atoms with E-state index in [1.54, 1.807) is 29.2 Å². The van der Waals surface area contributed by atoms with Gasteiger partial charge in [0.1, 0.15) is 0 Å². The van der Waals surface area contributed by atoms with Gasteiger partial charge in [-0.15, -0.1) is 0 Å². The summed E-state index contributed by atoms with van der Waals surface area (Å²) >= 11 is 5.88. The first-order valence-electron chi connectivity index (χ1n) is 7.85. The number of hydrogen-bond donors (Lipinski definition) is 2. The largest absolute Gasteiger partial charge is 0.351 e. The van der Waals surface area contributed by atoms with E-state index in [-0.39, 0.29) is 11.3 Å². The van der Waals surface area contributed by atoms with Crippen molar-refractivity contribution >= 4 is 17.5 Å². The second kappa shape index (κ2) is 6.72. The lowest BCUT2D eigenvalue weighted by Gasteiger charge is -2.34. The molecule has 1 amide bonds. The Labute approximate surface area is 141 Å². The van der Waals surface area contributed by atoms with Crippen LogP contribution in [0.4, 0.5) is 0 Å². The van der Waals surface area contributed by atoms with Crippen molar-refractivity contribution in [2.75, 3.05) is 19.6 Å². The van der Waals surface area contributed by atoms with E-state index < -0.39 is 0 Å². The molecule has 0 saturated carbocycles.